The Morgan fingerprint density at radius 3 is 2.69 bits per heavy atom. The predicted molar refractivity (Wildman–Crippen MR) is 99.5 cm³/mol. The SMILES string of the molecule is CCCS(=O)(=O)N1CCC(NC(=O)COCc2cccc(OC)c2)CC1. The average Bonchev–Trinajstić information content (AvgIpc) is 2.62. The second-order valence-electron chi connectivity index (χ2n) is 6.40. The van der Waals surface area contributed by atoms with Gasteiger partial charge in [0.2, 0.25) is 15.9 Å². The van der Waals surface area contributed by atoms with Crippen molar-refractivity contribution in [2.45, 2.75) is 38.8 Å². The number of benzene rings is 1. The summed E-state index contributed by atoms with van der Waals surface area (Å²) >= 11 is 0. The predicted octanol–water partition coefficient (Wildman–Crippen LogP) is 1.53. The van der Waals surface area contributed by atoms with E-state index < -0.39 is 10.0 Å². The molecule has 1 N–H and O–H groups in total. The van der Waals surface area contributed by atoms with E-state index in [2.05, 4.69) is 5.32 Å². The van der Waals surface area contributed by atoms with Gasteiger partial charge in [-0.1, -0.05) is 19.1 Å². The molecule has 146 valence electrons. The topological polar surface area (TPSA) is 84.9 Å². The van der Waals surface area contributed by atoms with Crippen LogP contribution in [0.5, 0.6) is 5.75 Å². The molecule has 1 fully saturated rings. The number of nitrogens with one attached hydrogen (secondary N) is 1. The highest BCUT2D eigenvalue weighted by molar-refractivity contribution is 7.89. The Labute approximate surface area is 155 Å². The van der Waals surface area contributed by atoms with Crippen LogP contribution in [-0.4, -0.2) is 57.2 Å². The Hall–Kier alpha value is -1.64. The van der Waals surface area contributed by atoms with Gasteiger partial charge in [0.25, 0.3) is 0 Å². The molecule has 1 saturated heterocycles. The number of rotatable bonds is 9. The summed E-state index contributed by atoms with van der Waals surface area (Å²) in [7, 11) is -1.55. The molecule has 1 aromatic carbocycles. The van der Waals surface area contributed by atoms with Crippen molar-refractivity contribution in [3.8, 4) is 5.75 Å². The molecule has 0 saturated carbocycles. The summed E-state index contributed by atoms with van der Waals surface area (Å²) in [5.74, 6) is 0.755. The minimum atomic E-state index is -3.15. The fraction of sp³-hybridized carbons (Fsp3) is 0.611. The van der Waals surface area contributed by atoms with Gasteiger partial charge in [-0.2, -0.15) is 0 Å². The summed E-state index contributed by atoms with van der Waals surface area (Å²) < 4.78 is 36.2. The summed E-state index contributed by atoms with van der Waals surface area (Å²) in [5.41, 5.74) is 0.937. The van der Waals surface area contributed by atoms with E-state index in [9.17, 15) is 13.2 Å². The van der Waals surface area contributed by atoms with Crippen molar-refractivity contribution in [2.75, 3.05) is 32.6 Å². The largest absolute Gasteiger partial charge is 0.497 e. The fourth-order valence-corrected chi connectivity index (χ4v) is 4.50. The molecule has 0 aliphatic carbocycles. The van der Waals surface area contributed by atoms with E-state index in [0.29, 0.717) is 39.0 Å². The van der Waals surface area contributed by atoms with Gasteiger partial charge in [-0.25, -0.2) is 12.7 Å². The van der Waals surface area contributed by atoms with Gasteiger partial charge in [0.1, 0.15) is 12.4 Å². The average molecular weight is 384 g/mol. The first-order chi connectivity index (χ1) is 12.4. The zero-order valence-corrected chi connectivity index (χ0v) is 16.3. The third-order valence-electron chi connectivity index (χ3n) is 4.31. The maximum Gasteiger partial charge on any atom is 0.246 e. The maximum absolute atomic E-state index is 12.0. The van der Waals surface area contributed by atoms with E-state index in [1.165, 1.54) is 4.31 Å². The number of ether oxygens (including phenoxy) is 2. The molecule has 0 atom stereocenters. The number of amides is 1. The van der Waals surface area contributed by atoms with Gasteiger partial charge in [-0.3, -0.25) is 4.79 Å². The van der Waals surface area contributed by atoms with Crippen molar-refractivity contribution in [3.63, 3.8) is 0 Å². The lowest BCUT2D eigenvalue weighted by molar-refractivity contribution is -0.127. The highest BCUT2D eigenvalue weighted by Crippen LogP contribution is 2.15. The Kier molecular flexibility index (Phi) is 7.86. The van der Waals surface area contributed by atoms with Gasteiger partial charge >= 0.3 is 0 Å². The summed E-state index contributed by atoms with van der Waals surface area (Å²) in [6.07, 6.45) is 1.87. The molecule has 0 aromatic heterocycles. The van der Waals surface area contributed by atoms with E-state index in [4.69, 9.17) is 9.47 Å². The molecule has 2 rings (SSSR count). The second kappa shape index (κ2) is 9.89. The quantitative estimate of drug-likeness (QED) is 0.698. The third-order valence-corrected chi connectivity index (χ3v) is 6.39. The highest BCUT2D eigenvalue weighted by atomic mass is 32.2. The van der Waals surface area contributed by atoms with E-state index >= 15 is 0 Å². The van der Waals surface area contributed by atoms with Gasteiger partial charge < -0.3 is 14.8 Å². The van der Waals surface area contributed by atoms with E-state index in [0.717, 1.165) is 11.3 Å². The number of carbonyl (C=O) groups excluding carboxylic acids is 1. The lowest BCUT2D eigenvalue weighted by atomic mass is 10.1. The molecule has 0 unspecified atom stereocenters. The minimum absolute atomic E-state index is 0.00371. The van der Waals surface area contributed by atoms with Crippen LogP contribution in [0.4, 0.5) is 0 Å². The van der Waals surface area contributed by atoms with Crippen molar-refractivity contribution in [1.29, 1.82) is 0 Å². The van der Waals surface area contributed by atoms with Gasteiger partial charge in [0.05, 0.1) is 19.5 Å². The number of hydrogen-bond donors (Lipinski definition) is 1. The lowest BCUT2D eigenvalue weighted by Gasteiger charge is -2.31. The molecule has 0 bridgehead atoms. The standard InChI is InChI=1S/C18H28N2O5S/c1-3-11-26(22,23)20-9-7-16(8-10-20)19-18(21)14-25-13-15-5-4-6-17(12-15)24-2/h4-6,12,16H,3,7-11,13-14H2,1-2H3,(H,19,21). The molecule has 0 spiro atoms. The van der Waals surface area contributed by atoms with Gasteiger partial charge in [0.15, 0.2) is 0 Å². The van der Waals surface area contributed by atoms with Crippen molar-refractivity contribution < 1.29 is 22.7 Å². The molecule has 1 heterocycles. The molecule has 1 aromatic rings. The van der Waals surface area contributed by atoms with Gasteiger partial charge in [0, 0.05) is 19.1 Å². The molecular formula is C18H28N2O5S. The zero-order valence-electron chi connectivity index (χ0n) is 15.4. The van der Waals surface area contributed by atoms with Crippen molar-refractivity contribution >= 4 is 15.9 Å². The Balaban J connectivity index is 1.69. The van der Waals surface area contributed by atoms with Crippen LogP contribution in [0.2, 0.25) is 0 Å². The Morgan fingerprint density at radius 2 is 2.04 bits per heavy atom. The van der Waals surface area contributed by atoms with Crippen molar-refractivity contribution in [2.24, 2.45) is 0 Å². The number of carbonyl (C=O) groups is 1. The van der Waals surface area contributed by atoms with Crippen LogP contribution >= 0.6 is 0 Å². The first-order valence-electron chi connectivity index (χ1n) is 8.92. The van der Waals surface area contributed by atoms with Crippen LogP contribution < -0.4 is 10.1 Å². The van der Waals surface area contributed by atoms with E-state index in [-0.39, 0.29) is 24.3 Å². The molecule has 0 radical (unpaired) electrons. The van der Waals surface area contributed by atoms with E-state index in [1.807, 2.05) is 31.2 Å². The number of nitrogens with zero attached hydrogens (tertiary/aromatic N) is 1. The van der Waals surface area contributed by atoms with Gasteiger partial charge in [-0.05, 0) is 37.0 Å². The van der Waals surface area contributed by atoms with Crippen molar-refractivity contribution in [3.05, 3.63) is 29.8 Å². The molecule has 1 aliphatic rings. The number of hydrogen-bond acceptors (Lipinski definition) is 5. The third kappa shape index (κ3) is 6.26. The van der Waals surface area contributed by atoms with Crippen LogP contribution in [0, 0.1) is 0 Å². The van der Waals surface area contributed by atoms with Gasteiger partial charge in [-0.15, -0.1) is 0 Å². The summed E-state index contributed by atoms with van der Waals surface area (Å²) in [5, 5.41) is 2.92. The van der Waals surface area contributed by atoms with Crippen LogP contribution in [0.25, 0.3) is 0 Å². The lowest BCUT2D eigenvalue weighted by Crippen LogP contribution is -2.47. The zero-order chi connectivity index (χ0) is 19.0. The Bertz CT molecular complexity index is 685. The van der Waals surface area contributed by atoms with E-state index in [1.54, 1.807) is 7.11 Å². The van der Waals surface area contributed by atoms with Crippen LogP contribution in [0.1, 0.15) is 31.7 Å². The summed E-state index contributed by atoms with van der Waals surface area (Å²) in [6.45, 7) is 3.08. The highest BCUT2D eigenvalue weighted by Gasteiger charge is 2.27. The normalized spacial score (nSPS) is 16.4. The first-order valence-corrected chi connectivity index (χ1v) is 10.5. The summed E-state index contributed by atoms with van der Waals surface area (Å²) in [6, 6.07) is 7.49. The van der Waals surface area contributed by atoms with Crippen LogP contribution in [-0.2, 0) is 26.2 Å². The first kappa shape index (κ1) is 20.7. The monoisotopic (exact) mass is 384 g/mol. The molecule has 8 heteroatoms. The Morgan fingerprint density at radius 1 is 1.31 bits per heavy atom. The van der Waals surface area contributed by atoms with Crippen molar-refractivity contribution in [1.82, 2.24) is 9.62 Å². The number of piperidine rings is 1. The smallest absolute Gasteiger partial charge is 0.246 e. The minimum Gasteiger partial charge on any atom is -0.497 e. The molecular weight excluding hydrogens is 356 g/mol. The second-order valence-corrected chi connectivity index (χ2v) is 8.49. The van der Waals surface area contributed by atoms with Crippen LogP contribution in [0.15, 0.2) is 24.3 Å². The molecule has 7 nitrogen and oxygen atoms in total. The fourth-order valence-electron chi connectivity index (χ4n) is 2.96. The summed E-state index contributed by atoms with van der Waals surface area (Å²) in [4.78, 5) is 12.0. The molecule has 1 aliphatic heterocycles. The maximum atomic E-state index is 12.0. The molecule has 1 amide bonds. The number of sulfonamides is 1. The molecule has 26 heavy (non-hydrogen) atoms. The number of methoxy groups -OCH3 is 1. The van der Waals surface area contributed by atoms with Crippen LogP contribution in [0.3, 0.4) is 0 Å².